The molecule has 1 aromatic carbocycles. The number of phenolic OH excluding ortho intramolecular Hbond substituents is 1. The fraction of sp³-hybridized carbons (Fsp3) is 0.400. The second-order valence-corrected chi connectivity index (χ2v) is 3.36. The van der Waals surface area contributed by atoms with Crippen LogP contribution in [0.5, 0.6) is 11.5 Å². The molecule has 84 valence electrons. The van der Waals surface area contributed by atoms with Gasteiger partial charge in [-0.2, -0.15) is 9.45 Å². The van der Waals surface area contributed by atoms with Crippen molar-refractivity contribution < 1.29 is 19.4 Å². The molecule has 2 N–H and O–H groups in total. The Hall–Kier alpha value is -1.33. The van der Waals surface area contributed by atoms with Crippen LogP contribution >= 0.6 is 0 Å². The van der Waals surface area contributed by atoms with Crippen LogP contribution in [0.25, 0.3) is 0 Å². The first kappa shape index (κ1) is 11.7. The van der Waals surface area contributed by atoms with E-state index in [-0.39, 0.29) is 12.3 Å². The van der Waals surface area contributed by atoms with E-state index < -0.39 is 11.6 Å². The van der Waals surface area contributed by atoms with Crippen LogP contribution in [0.3, 0.4) is 0 Å². The van der Waals surface area contributed by atoms with Crippen LogP contribution in [0, 0.1) is 12.7 Å². The first-order chi connectivity index (χ1) is 6.97. The summed E-state index contributed by atoms with van der Waals surface area (Å²) in [6.07, 6.45) is 0. The summed E-state index contributed by atoms with van der Waals surface area (Å²) in [6, 6.07) is 1.57. The summed E-state index contributed by atoms with van der Waals surface area (Å²) >= 11 is 0. The monoisotopic (exact) mass is 215 g/mol. The van der Waals surface area contributed by atoms with Crippen LogP contribution in [0.15, 0.2) is 6.07 Å². The van der Waals surface area contributed by atoms with Crippen molar-refractivity contribution in [3.63, 3.8) is 0 Å². The van der Waals surface area contributed by atoms with Gasteiger partial charge >= 0.3 is 0 Å². The van der Waals surface area contributed by atoms with Gasteiger partial charge in [-0.1, -0.05) is 0 Å². The quantitative estimate of drug-likeness (QED) is 0.753. The molecule has 0 saturated carbocycles. The summed E-state index contributed by atoms with van der Waals surface area (Å²) in [6.45, 7) is 1.72. The van der Waals surface area contributed by atoms with Crippen molar-refractivity contribution in [2.45, 2.75) is 13.5 Å². The largest absolute Gasteiger partial charge is 0.504 e. The van der Waals surface area contributed by atoms with E-state index in [1.807, 2.05) is 0 Å². The molecule has 0 spiro atoms. The summed E-state index contributed by atoms with van der Waals surface area (Å²) in [4.78, 5) is 0. The van der Waals surface area contributed by atoms with Crippen molar-refractivity contribution in [1.29, 1.82) is 0 Å². The highest BCUT2D eigenvalue weighted by Gasteiger charge is 2.16. The van der Waals surface area contributed by atoms with Crippen LogP contribution in [0.2, 0.25) is 0 Å². The highest BCUT2D eigenvalue weighted by molar-refractivity contribution is 5.46. The number of methoxy groups -OCH3 is 1. The molecule has 4 nitrogen and oxygen atoms in total. The highest BCUT2D eigenvalue weighted by Crippen LogP contribution is 2.33. The topological polar surface area (TPSA) is 52.9 Å². The molecule has 0 saturated heterocycles. The SMILES string of the molecule is COc1c(C)cc(CN(C)O)c(O)c1F. The van der Waals surface area contributed by atoms with E-state index in [0.29, 0.717) is 11.1 Å². The Balaban J connectivity index is 3.21. The average molecular weight is 215 g/mol. The number of hydroxylamine groups is 2. The molecule has 0 unspecified atom stereocenters. The van der Waals surface area contributed by atoms with Crippen molar-refractivity contribution in [1.82, 2.24) is 5.06 Å². The van der Waals surface area contributed by atoms with E-state index in [1.165, 1.54) is 14.2 Å². The van der Waals surface area contributed by atoms with Gasteiger partial charge in [0, 0.05) is 12.6 Å². The van der Waals surface area contributed by atoms with Gasteiger partial charge < -0.3 is 15.1 Å². The van der Waals surface area contributed by atoms with Crippen LogP contribution < -0.4 is 4.74 Å². The Morgan fingerprint density at radius 3 is 2.60 bits per heavy atom. The zero-order valence-corrected chi connectivity index (χ0v) is 8.91. The molecule has 1 aromatic rings. The predicted molar refractivity (Wildman–Crippen MR) is 52.6 cm³/mol. The third-order valence-electron chi connectivity index (χ3n) is 2.06. The normalized spacial score (nSPS) is 10.8. The fourth-order valence-electron chi connectivity index (χ4n) is 1.43. The van der Waals surface area contributed by atoms with Crippen molar-refractivity contribution in [2.24, 2.45) is 0 Å². The lowest BCUT2D eigenvalue weighted by molar-refractivity contribution is -0.0736. The van der Waals surface area contributed by atoms with Crippen molar-refractivity contribution in [3.05, 3.63) is 23.0 Å². The van der Waals surface area contributed by atoms with Gasteiger partial charge in [-0.25, -0.2) is 0 Å². The number of aryl methyl sites for hydroxylation is 1. The lowest BCUT2D eigenvalue weighted by Gasteiger charge is -2.14. The van der Waals surface area contributed by atoms with Crippen LogP contribution in [0.4, 0.5) is 4.39 Å². The van der Waals surface area contributed by atoms with Crippen LogP contribution in [-0.4, -0.2) is 29.5 Å². The molecular formula is C10H14FNO3. The van der Waals surface area contributed by atoms with Crippen molar-refractivity contribution >= 4 is 0 Å². The lowest BCUT2D eigenvalue weighted by Crippen LogP contribution is -2.12. The molecule has 0 radical (unpaired) electrons. The maximum Gasteiger partial charge on any atom is 0.207 e. The second kappa shape index (κ2) is 4.46. The molecule has 0 bridgehead atoms. The molecule has 1 rings (SSSR count). The zero-order chi connectivity index (χ0) is 11.6. The van der Waals surface area contributed by atoms with Gasteiger partial charge in [0.05, 0.1) is 13.7 Å². The first-order valence-corrected chi connectivity index (χ1v) is 4.42. The Kier molecular flexibility index (Phi) is 3.49. The number of nitrogens with zero attached hydrogens (tertiary/aromatic N) is 1. The molecule has 15 heavy (non-hydrogen) atoms. The summed E-state index contributed by atoms with van der Waals surface area (Å²) in [5, 5.41) is 19.4. The number of ether oxygens (including phenoxy) is 1. The van der Waals surface area contributed by atoms with Crippen molar-refractivity contribution in [3.8, 4) is 11.5 Å². The number of phenols is 1. The third-order valence-corrected chi connectivity index (χ3v) is 2.06. The molecule has 0 aromatic heterocycles. The van der Waals surface area contributed by atoms with E-state index in [0.717, 1.165) is 5.06 Å². The molecule has 0 aliphatic carbocycles. The van der Waals surface area contributed by atoms with Crippen LogP contribution in [0.1, 0.15) is 11.1 Å². The molecule has 0 atom stereocenters. The fourth-order valence-corrected chi connectivity index (χ4v) is 1.43. The summed E-state index contributed by atoms with van der Waals surface area (Å²) in [7, 11) is 2.75. The third kappa shape index (κ3) is 2.37. The van der Waals surface area contributed by atoms with E-state index in [4.69, 9.17) is 9.94 Å². The van der Waals surface area contributed by atoms with E-state index in [9.17, 15) is 9.50 Å². The predicted octanol–water partition coefficient (Wildman–Crippen LogP) is 1.67. The lowest BCUT2D eigenvalue weighted by atomic mass is 10.1. The Labute approximate surface area is 87.5 Å². The standard InChI is InChI=1S/C10H14FNO3/c1-6-4-7(5-12(2)14)9(13)8(11)10(6)15-3/h4,13-14H,5H2,1-3H3. The molecule has 5 heteroatoms. The van der Waals surface area contributed by atoms with Gasteiger partial charge in [-0.05, 0) is 18.6 Å². The van der Waals surface area contributed by atoms with Crippen molar-refractivity contribution in [2.75, 3.05) is 14.2 Å². The minimum absolute atomic E-state index is 0.0249. The number of aromatic hydroxyl groups is 1. The maximum atomic E-state index is 13.5. The molecule has 0 aliphatic heterocycles. The minimum Gasteiger partial charge on any atom is -0.504 e. The van der Waals surface area contributed by atoms with E-state index >= 15 is 0 Å². The Morgan fingerprint density at radius 2 is 2.13 bits per heavy atom. The molecule has 0 heterocycles. The average Bonchev–Trinajstić information content (AvgIpc) is 2.14. The highest BCUT2D eigenvalue weighted by atomic mass is 19.1. The maximum absolute atomic E-state index is 13.5. The smallest absolute Gasteiger partial charge is 0.207 e. The summed E-state index contributed by atoms with van der Waals surface area (Å²) in [5.74, 6) is -1.26. The first-order valence-electron chi connectivity index (χ1n) is 4.42. The van der Waals surface area contributed by atoms with Gasteiger partial charge in [-0.3, -0.25) is 0 Å². The molecule has 0 aliphatic rings. The zero-order valence-electron chi connectivity index (χ0n) is 8.91. The number of rotatable bonds is 3. The second-order valence-electron chi connectivity index (χ2n) is 3.36. The number of hydrogen-bond acceptors (Lipinski definition) is 4. The number of halogens is 1. The van der Waals surface area contributed by atoms with E-state index in [1.54, 1.807) is 13.0 Å². The van der Waals surface area contributed by atoms with Gasteiger partial charge in [0.2, 0.25) is 5.82 Å². The Morgan fingerprint density at radius 1 is 1.53 bits per heavy atom. The molecule has 0 fully saturated rings. The van der Waals surface area contributed by atoms with Gasteiger partial charge in [-0.15, -0.1) is 0 Å². The Bertz CT molecular complexity index is 366. The molecular weight excluding hydrogens is 201 g/mol. The van der Waals surface area contributed by atoms with Gasteiger partial charge in [0.1, 0.15) is 0 Å². The van der Waals surface area contributed by atoms with Gasteiger partial charge in [0.25, 0.3) is 0 Å². The van der Waals surface area contributed by atoms with Crippen LogP contribution in [-0.2, 0) is 6.54 Å². The van der Waals surface area contributed by atoms with Gasteiger partial charge in [0.15, 0.2) is 11.5 Å². The summed E-state index contributed by atoms with van der Waals surface area (Å²) < 4.78 is 18.3. The number of benzene rings is 1. The minimum atomic E-state index is -0.797. The molecule has 0 amide bonds. The number of hydrogen-bond donors (Lipinski definition) is 2. The summed E-state index contributed by atoms with van der Waals surface area (Å²) in [5.41, 5.74) is 0.889. The van der Waals surface area contributed by atoms with E-state index in [2.05, 4.69) is 0 Å².